The number of ether oxygens (including phenoxy) is 1. The lowest BCUT2D eigenvalue weighted by atomic mass is 9.93. The van der Waals surface area contributed by atoms with Gasteiger partial charge in [-0.3, -0.25) is 9.59 Å². The van der Waals surface area contributed by atoms with Gasteiger partial charge in [-0.15, -0.1) is 0 Å². The molecule has 0 fully saturated rings. The molecule has 1 heterocycles. The van der Waals surface area contributed by atoms with Crippen molar-refractivity contribution < 1.29 is 18.7 Å². The Morgan fingerprint density at radius 1 is 1.00 bits per heavy atom. The molecule has 1 aromatic heterocycles. The molecule has 0 aliphatic heterocycles. The molecule has 1 aliphatic rings. The van der Waals surface area contributed by atoms with Crippen LogP contribution in [0.4, 0.5) is 5.69 Å². The summed E-state index contributed by atoms with van der Waals surface area (Å²) in [5, 5.41) is 7.29. The first-order valence-electron chi connectivity index (χ1n) is 10.9. The predicted molar refractivity (Wildman–Crippen MR) is 127 cm³/mol. The summed E-state index contributed by atoms with van der Waals surface area (Å²) in [7, 11) is 1.56. The highest BCUT2D eigenvalue weighted by Crippen LogP contribution is 2.31. The van der Waals surface area contributed by atoms with Crippen LogP contribution in [0.15, 0.2) is 52.0 Å². The zero-order chi connectivity index (χ0) is 23.5. The van der Waals surface area contributed by atoms with Crippen molar-refractivity contribution in [1.82, 2.24) is 5.43 Å². The minimum Gasteiger partial charge on any atom is -0.495 e. The van der Waals surface area contributed by atoms with Crippen LogP contribution in [0.5, 0.6) is 5.75 Å². The Bertz CT molecular complexity index is 1260. The molecule has 7 heteroatoms. The summed E-state index contributed by atoms with van der Waals surface area (Å²) < 4.78 is 11.3. The molecule has 33 heavy (non-hydrogen) atoms. The number of nitrogens with zero attached hydrogens (tertiary/aromatic N) is 1. The van der Waals surface area contributed by atoms with E-state index in [1.165, 1.54) is 0 Å². The Morgan fingerprint density at radius 2 is 1.79 bits per heavy atom. The van der Waals surface area contributed by atoms with Crippen molar-refractivity contribution in [3.05, 3.63) is 81.8 Å². The van der Waals surface area contributed by atoms with Crippen molar-refractivity contribution in [2.24, 2.45) is 5.10 Å². The number of methoxy groups -OCH3 is 1. The minimum atomic E-state index is -0.353. The van der Waals surface area contributed by atoms with Gasteiger partial charge in [0, 0.05) is 23.1 Å². The summed E-state index contributed by atoms with van der Waals surface area (Å²) in [6.45, 7) is 5.72. The molecule has 0 unspecified atom stereocenters. The highest BCUT2D eigenvalue weighted by atomic mass is 16.5. The third kappa shape index (κ3) is 4.67. The van der Waals surface area contributed by atoms with E-state index in [9.17, 15) is 9.59 Å². The van der Waals surface area contributed by atoms with E-state index in [4.69, 9.17) is 9.15 Å². The predicted octanol–water partition coefficient (Wildman–Crippen LogP) is 4.94. The van der Waals surface area contributed by atoms with Crippen molar-refractivity contribution in [2.75, 3.05) is 12.4 Å². The Balaban J connectivity index is 1.59. The molecule has 2 N–H and O–H groups in total. The molecule has 0 atom stereocenters. The molecule has 0 saturated heterocycles. The smallest absolute Gasteiger partial charge is 0.291 e. The van der Waals surface area contributed by atoms with Crippen LogP contribution in [0.3, 0.4) is 0 Å². The van der Waals surface area contributed by atoms with Crippen molar-refractivity contribution >= 4 is 23.2 Å². The Labute approximate surface area is 192 Å². The van der Waals surface area contributed by atoms with Gasteiger partial charge in [0.05, 0.1) is 18.5 Å². The van der Waals surface area contributed by atoms with E-state index in [2.05, 4.69) is 15.8 Å². The Morgan fingerprint density at radius 3 is 2.55 bits per heavy atom. The van der Waals surface area contributed by atoms with Gasteiger partial charge in [0.15, 0.2) is 5.76 Å². The zero-order valence-electron chi connectivity index (χ0n) is 19.2. The number of anilines is 1. The molecule has 2 aromatic carbocycles. The van der Waals surface area contributed by atoms with Crippen molar-refractivity contribution in [1.29, 1.82) is 0 Å². The number of furan rings is 1. The third-order valence-electron chi connectivity index (χ3n) is 5.71. The van der Waals surface area contributed by atoms with Crippen LogP contribution in [0, 0.1) is 20.8 Å². The molecule has 0 spiro atoms. The fourth-order valence-electron chi connectivity index (χ4n) is 4.06. The molecule has 4 rings (SSSR count). The molecular weight excluding hydrogens is 418 g/mol. The normalized spacial score (nSPS) is 14.0. The highest BCUT2D eigenvalue weighted by molar-refractivity contribution is 6.10. The van der Waals surface area contributed by atoms with Gasteiger partial charge < -0.3 is 14.5 Å². The summed E-state index contributed by atoms with van der Waals surface area (Å²) in [6.07, 6.45) is 2.22. The van der Waals surface area contributed by atoms with Crippen LogP contribution in [0.1, 0.15) is 61.8 Å². The number of carbonyl (C=O) groups excluding carboxylic acids is 2. The molecule has 1 aliphatic carbocycles. The molecule has 0 bridgehead atoms. The van der Waals surface area contributed by atoms with Crippen LogP contribution in [-0.2, 0) is 6.42 Å². The van der Waals surface area contributed by atoms with Gasteiger partial charge in [-0.1, -0.05) is 23.8 Å². The van der Waals surface area contributed by atoms with E-state index in [0.717, 1.165) is 23.1 Å². The Hall–Kier alpha value is -3.87. The maximum atomic E-state index is 13.1. The fourth-order valence-corrected chi connectivity index (χ4v) is 4.06. The first kappa shape index (κ1) is 22.3. The quantitative estimate of drug-likeness (QED) is 0.544. The molecule has 170 valence electrons. The Kier molecular flexibility index (Phi) is 6.31. The average molecular weight is 446 g/mol. The number of rotatable bonds is 5. The van der Waals surface area contributed by atoms with Gasteiger partial charge in [0.1, 0.15) is 11.5 Å². The van der Waals surface area contributed by atoms with E-state index in [0.29, 0.717) is 46.9 Å². The summed E-state index contributed by atoms with van der Waals surface area (Å²) in [5.41, 5.74) is 8.00. The van der Waals surface area contributed by atoms with Crippen LogP contribution in [-0.4, -0.2) is 24.6 Å². The number of fused-ring (bicyclic) bond motifs is 1. The van der Waals surface area contributed by atoms with Gasteiger partial charge in [0.2, 0.25) is 0 Å². The molecule has 2 amide bonds. The second-order valence-electron chi connectivity index (χ2n) is 8.23. The summed E-state index contributed by atoms with van der Waals surface area (Å²) in [6, 6.07) is 12.9. The lowest BCUT2D eigenvalue weighted by molar-refractivity contribution is 0.0953. The van der Waals surface area contributed by atoms with Crippen molar-refractivity contribution in [3.63, 3.8) is 0 Å². The number of hydrazone groups is 1. The van der Waals surface area contributed by atoms with Crippen molar-refractivity contribution in [2.45, 2.75) is 40.0 Å². The molecule has 0 saturated carbocycles. The average Bonchev–Trinajstić information content (AvgIpc) is 3.15. The number of amides is 2. The fraction of sp³-hybridized carbons (Fsp3) is 0.269. The van der Waals surface area contributed by atoms with Crippen LogP contribution in [0.25, 0.3) is 0 Å². The van der Waals surface area contributed by atoms with Gasteiger partial charge in [-0.05, 0) is 63.4 Å². The van der Waals surface area contributed by atoms with Gasteiger partial charge >= 0.3 is 0 Å². The van der Waals surface area contributed by atoms with E-state index in [1.807, 2.05) is 57.2 Å². The highest BCUT2D eigenvalue weighted by Gasteiger charge is 2.28. The van der Waals surface area contributed by atoms with E-state index in [1.54, 1.807) is 13.2 Å². The SMILES string of the molecule is COc1ccc(C)cc1NC(=O)c1oc2c(c1C)/C(=N/NC(=O)c1cccc(C)c1)CCC2. The minimum absolute atomic E-state index is 0.239. The molecule has 0 radical (unpaired) electrons. The number of hydrogen-bond acceptors (Lipinski definition) is 5. The maximum absolute atomic E-state index is 13.1. The van der Waals surface area contributed by atoms with Gasteiger partial charge in [-0.2, -0.15) is 5.10 Å². The number of aryl methyl sites for hydroxylation is 3. The van der Waals surface area contributed by atoms with Crippen LogP contribution >= 0.6 is 0 Å². The lowest BCUT2D eigenvalue weighted by Crippen LogP contribution is -2.22. The summed E-state index contributed by atoms with van der Waals surface area (Å²) >= 11 is 0. The monoisotopic (exact) mass is 445 g/mol. The first-order chi connectivity index (χ1) is 15.9. The molecule has 3 aromatic rings. The van der Waals surface area contributed by atoms with Crippen LogP contribution < -0.4 is 15.5 Å². The third-order valence-corrected chi connectivity index (χ3v) is 5.71. The zero-order valence-corrected chi connectivity index (χ0v) is 19.2. The van der Waals surface area contributed by atoms with Crippen LogP contribution in [0.2, 0.25) is 0 Å². The maximum Gasteiger partial charge on any atom is 0.291 e. The summed E-state index contributed by atoms with van der Waals surface area (Å²) in [4.78, 5) is 25.6. The topological polar surface area (TPSA) is 92.9 Å². The van der Waals surface area contributed by atoms with Gasteiger partial charge in [-0.25, -0.2) is 5.43 Å². The standard InChI is InChI=1S/C26H27N3O4/c1-15-7-5-8-18(13-15)25(30)29-28-19-9-6-10-22-23(19)17(3)24(33-22)26(31)27-20-14-16(2)11-12-21(20)32-4/h5,7-8,11-14H,6,9-10H2,1-4H3,(H,27,31)(H,29,30)/b28-19+. The van der Waals surface area contributed by atoms with E-state index in [-0.39, 0.29) is 17.6 Å². The number of hydrogen-bond donors (Lipinski definition) is 2. The molecule has 7 nitrogen and oxygen atoms in total. The second-order valence-corrected chi connectivity index (χ2v) is 8.23. The van der Waals surface area contributed by atoms with E-state index < -0.39 is 0 Å². The number of nitrogens with one attached hydrogen (secondary N) is 2. The molecular formula is C26H27N3O4. The largest absolute Gasteiger partial charge is 0.495 e. The lowest BCUT2D eigenvalue weighted by Gasteiger charge is -2.13. The van der Waals surface area contributed by atoms with Gasteiger partial charge in [0.25, 0.3) is 11.8 Å². The number of carbonyl (C=O) groups is 2. The second kappa shape index (κ2) is 9.32. The number of benzene rings is 2. The van der Waals surface area contributed by atoms with Crippen molar-refractivity contribution in [3.8, 4) is 5.75 Å². The van der Waals surface area contributed by atoms with E-state index >= 15 is 0 Å². The first-order valence-corrected chi connectivity index (χ1v) is 10.9. The summed E-state index contributed by atoms with van der Waals surface area (Å²) in [5.74, 6) is 0.897.